The Morgan fingerprint density at radius 1 is 0.660 bits per heavy atom. The summed E-state index contributed by atoms with van der Waals surface area (Å²) in [5.41, 5.74) is 5.53. The van der Waals surface area contributed by atoms with Gasteiger partial charge in [0.2, 0.25) is 26.0 Å². The first-order chi connectivity index (χ1) is 23.3. The normalized spacial score (nSPS) is 22.3. The fourth-order valence-corrected chi connectivity index (χ4v) is 9.89. The molecule has 0 bridgehead atoms. The maximum atomic E-state index is 12.8. The lowest BCUT2D eigenvalue weighted by Crippen LogP contribution is -2.47. The van der Waals surface area contributed by atoms with E-state index < -0.39 is 31.9 Å². The molecular formula is C35H52Cl2N4O7S2. The molecule has 15 heteroatoms. The molecule has 2 saturated carbocycles. The fraction of sp³-hybridized carbons (Fsp3) is 0.600. The lowest BCUT2D eigenvalue weighted by atomic mass is 9.98. The number of rotatable bonds is 7. The molecule has 2 heterocycles. The number of benzene rings is 2. The van der Waals surface area contributed by atoms with Gasteiger partial charge in [0.1, 0.15) is 0 Å². The summed E-state index contributed by atoms with van der Waals surface area (Å²) in [6.45, 7) is 1.09. The average Bonchev–Trinajstić information content (AvgIpc) is 3.80. The van der Waals surface area contributed by atoms with Gasteiger partial charge in [-0.2, -0.15) is 8.61 Å². The van der Waals surface area contributed by atoms with E-state index in [1.165, 1.54) is 70.7 Å². The van der Waals surface area contributed by atoms with Crippen LogP contribution in [0, 0.1) is 11.8 Å². The maximum Gasteiger partial charge on any atom is 0.307 e. The monoisotopic (exact) mass is 774 g/mol. The number of amides is 1. The van der Waals surface area contributed by atoms with Gasteiger partial charge in [-0.25, -0.2) is 16.8 Å². The third kappa shape index (κ3) is 11.9. The van der Waals surface area contributed by atoms with E-state index in [-0.39, 0.29) is 48.2 Å². The summed E-state index contributed by atoms with van der Waals surface area (Å²) in [5.74, 6) is -1.84. The Labute approximate surface area is 308 Å². The number of aliphatic carboxylic acids is 1. The van der Waals surface area contributed by atoms with Gasteiger partial charge >= 0.3 is 5.97 Å². The van der Waals surface area contributed by atoms with Crippen LogP contribution in [0.1, 0.15) is 84.5 Å². The van der Waals surface area contributed by atoms with Crippen molar-refractivity contribution in [3.05, 3.63) is 58.6 Å². The molecular weight excluding hydrogens is 723 g/mol. The molecule has 0 radical (unpaired) electrons. The molecule has 2 aromatic rings. The number of nitrogens with two attached hydrogens (primary N) is 1. The molecule has 0 unspecified atom stereocenters. The largest absolute Gasteiger partial charge is 0.481 e. The van der Waals surface area contributed by atoms with Crippen LogP contribution in [0.25, 0.3) is 0 Å². The lowest BCUT2D eigenvalue weighted by Gasteiger charge is -2.31. The smallest absolute Gasteiger partial charge is 0.307 e. The molecule has 2 atom stereocenters. The Morgan fingerprint density at radius 2 is 1.06 bits per heavy atom. The van der Waals surface area contributed by atoms with Crippen LogP contribution < -0.4 is 11.1 Å². The first kappa shape index (κ1) is 42.2. The third-order valence-electron chi connectivity index (χ3n) is 9.49. The molecule has 2 aliphatic carbocycles. The quantitative estimate of drug-likeness (QED) is 0.301. The average molecular weight is 776 g/mol. The maximum absolute atomic E-state index is 12.8. The number of sulfonamides is 2. The van der Waals surface area contributed by atoms with Crippen molar-refractivity contribution in [3.8, 4) is 0 Å². The van der Waals surface area contributed by atoms with E-state index in [1.54, 1.807) is 12.1 Å². The molecule has 11 nitrogen and oxygen atoms in total. The van der Waals surface area contributed by atoms with Gasteiger partial charge in [-0.05, 0) is 99.9 Å². The number of nitrogens with zero attached hydrogens (tertiary/aromatic N) is 2. The van der Waals surface area contributed by atoms with Crippen molar-refractivity contribution in [2.24, 2.45) is 17.6 Å². The molecule has 1 amide bonds. The van der Waals surface area contributed by atoms with Crippen molar-refractivity contribution >= 4 is 55.1 Å². The SMILES string of the molecule is C.NC1CCCC1.O=C(NC1CCCC1)[C@H]1CCCN(S(=O)(=O)c2ccc(Cl)cc2)C1.O=C(O)[C@H]1CCCN(S(=O)(=O)c2ccc(Cl)cc2)C1. The number of halogens is 2. The van der Waals surface area contributed by atoms with Crippen LogP contribution in [0.3, 0.4) is 0 Å². The molecule has 50 heavy (non-hydrogen) atoms. The molecule has 4 fully saturated rings. The summed E-state index contributed by atoms with van der Waals surface area (Å²) in [7, 11) is -7.21. The zero-order valence-electron chi connectivity index (χ0n) is 27.7. The van der Waals surface area contributed by atoms with E-state index in [9.17, 15) is 26.4 Å². The second-order valence-electron chi connectivity index (χ2n) is 13.2. The highest BCUT2D eigenvalue weighted by Gasteiger charge is 2.35. The van der Waals surface area contributed by atoms with E-state index in [1.807, 2.05) is 0 Å². The number of hydrogen-bond donors (Lipinski definition) is 3. The topological polar surface area (TPSA) is 167 Å². The number of nitrogens with one attached hydrogen (secondary N) is 1. The van der Waals surface area contributed by atoms with Crippen molar-refractivity contribution in [1.82, 2.24) is 13.9 Å². The predicted molar refractivity (Wildman–Crippen MR) is 197 cm³/mol. The molecule has 0 spiro atoms. The number of hydrogen-bond acceptors (Lipinski definition) is 7. The van der Waals surface area contributed by atoms with Gasteiger partial charge in [0, 0.05) is 48.3 Å². The van der Waals surface area contributed by atoms with Crippen LogP contribution in [0.5, 0.6) is 0 Å². The minimum atomic E-state index is -3.63. The van der Waals surface area contributed by atoms with Crippen LogP contribution in [0.4, 0.5) is 0 Å². The van der Waals surface area contributed by atoms with E-state index >= 15 is 0 Å². The fourth-order valence-electron chi connectivity index (χ4n) is 6.59. The number of carbonyl (C=O) groups excluding carboxylic acids is 1. The zero-order valence-corrected chi connectivity index (χ0v) is 30.8. The van der Waals surface area contributed by atoms with Crippen LogP contribution in [0.15, 0.2) is 58.3 Å². The number of carboxylic acid groups (broad SMARTS) is 1. The first-order valence-corrected chi connectivity index (χ1v) is 20.7. The number of carboxylic acids is 1. The van der Waals surface area contributed by atoms with E-state index in [2.05, 4.69) is 5.32 Å². The van der Waals surface area contributed by atoms with Gasteiger partial charge < -0.3 is 16.2 Å². The minimum Gasteiger partial charge on any atom is -0.481 e. The van der Waals surface area contributed by atoms with Crippen molar-refractivity contribution < 1.29 is 31.5 Å². The van der Waals surface area contributed by atoms with Crippen LogP contribution in [-0.4, -0.2) is 80.7 Å². The standard InChI is InChI=1S/C17H23ClN2O3S.C12H14ClNO4S.C5H11N.CH4/c18-14-7-9-16(10-8-14)24(22,23)20-11-3-4-13(12-20)17(21)19-15-5-1-2-6-15;13-10-3-5-11(6-4-10)19(17,18)14-7-1-2-9(8-14)12(15)16;6-5-3-1-2-4-5;/h7-10,13,15H,1-6,11-12H2,(H,19,21);3-6,9H,1-2,7-8H2,(H,15,16);5H,1-4,6H2;1H4/t13-;9-;;/m00../s1. The summed E-state index contributed by atoms with van der Waals surface area (Å²) < 4.78 is 52.9. The van der Waals surface area contributed by atoms with Gasteiger partial charge in [0.05, 0.1) is 21.6 Å². The Kier molecular flexibility index (Phi) is 16.5. The van der Waals surface area contributed by atoms with Crippen LogP contribution >= 0.6 is 23.2 Å². The van der Waals surface area contributed by atoms with E-state index in [4.69, 9.17) is 34.0 Å². The first-order valence-electron chi connectivity index (χ1n) is 17.1. The van der Waals surface area contributed by atoms with Gasteiger partial charge in [0.25, 0.3) is 0 Å². The van der Waals surface area contributed by atoms with Gasteiger partial charge in [-0.1, -0.05) is 56.3 Å². The van der Waals surface area contributed by atoms with Crippen LogP contribution in [-0.2, 0) is 29.6 Å². The van der Waals surface area contributed by atoms with Crippen molar-refractivity contribution in [3.63, 3.8) is 0 Å². The third-order valence-corrected chi connectivity index (χ3v) is 13.8. The second kappa shape index (κ2) is 19.5. The number of piperidine rings is 2. The molecule has 6 rings (SSSR count). The molecule has 2 aromatic carbocycles. The van der Waals surface area contributed by atoms with Crippen molar-refractivity contribution in [1.29, 1.82) is 0 Å². The lowest BCUT2D eigenvalue weighted by molar-refractivity contribution is -0.142. The highest BCUT2D eigenvalue weighted by Crippen LogP contribution is 2.27. The molecule has 2 aliphatic heterocycles. The Hall–Kier alpha value is -2.26. The summed E-state index contributed by atoms with van der Waals surface area (Å²) >= 11 is 11.6. The summed E-state index contributed by atoms with van der Waals surface area (Å²) in [5, 5.41) is 13.0. The molecule has 4 N–H and O–H groups in total. The molecule has 280 valence electrons. The minimum absolute atomic E-state index is 0. The molecule has 0 aromatic heterocycles. The van der Waals surface area contributed by atoms with Crippen LogP contribution in [0.2, 0.25) is 10.0 Å². The van der Waals surface area contributed by atoms with Crippen molar-refractivity contribution in [2.75, 3.05) is 26.2 Å². The Bertz CT molecular complexity index is 1600. The number of carbonyl (C=O) groups is 2. The zero-order chi connectivity index (χ0) is 35.6. The van der Waals surface area contributed by atoms with E-state index in [0.29, 0.717) is 48.4 Å². The van der Waals surface area contributed by atoms with Gasteiger partial charge in [0.15, 0.2) is 0 Å². The predicted octanol–water partition coefficient (Wildman–Crippen LogP) is 6.15. The summed E-state index contributed by atoms with van der Waals surface area (Å²) in [6.07, 6.45) is 12.2. The van der Waals surface area contributed by atoms with Crippen molar-refractivity contribution in [2.45, 2.75) is 106 Å². The Balaban J connectivity index is 0.000000232. The molecule has 2 saturated heterocycles. The van der Waals surface area contributed by atoms with E-state index in [0.717, 1.165) is 32.1 Å². The van der Waals surface area contributed by atoms with Gasteiger partial charge in [-0.15, -0.1) is 0 Å². The summed E-state index contributed by atoms with van der Waals surface area (Å²) in [4.78, 5) is 23.8. The van der Waals surface area contributed by atoms with Gasteiger partial charge in [-0.3, -0.25) is 9.59 Å². The molecule has 4 aliphatic rings. The highest BCUT2D eigenvalue weighted by atomic mass is 35.5. The Morgan fingerprint density at radius 3 is 1.46 bits per heavy atom. The summed E-state index contributed by atoms with van der Waals surface area (Å²) in [6, 6.07) is 12.9. The second-order valence-corrected chi connectivity index (χ2v) is 17.9. The highest BCUT2D eigenvalue weighted by molar-refractivity contribution is 7.89.